The van der Waals surface area contributed by atoms with Gasteiger partial charge in [0.2, 0.25) is 0 Å². The van der Waals surface area contributed by atoms with E-state index in [9.17, 15) is 9.59 Å². The highest BCUT2D eigenvalue weighted by atomic mass is 16.6. The third-order valence-electron chi connectivity index (χ3n) is 4.36. The number of ether oxygens (including phenoxy) is 4. The lowest BCUT2D eigenvalue weighted by molar-refractivity contribution is -0.134. The second kappa shape index (κ2) is 9.82. The summed E-state index contributed by atoms with van der Waals surface area (Å²) in [5.74, 6) is 1.17. The summed E-state index contributed by atoms with van der Waals surface area (Å²) in [6.45, 7) is 2.97. The first kappa shape index (κ1) is 20.5. The molecule has 1 aliphatic heterocycles. The van der Waals surface area contributed by atoms with Gasteiger partial charge in [-0.25, -0.2) is 4.79 Å². The Hall–Kier alpha value is -3.22. The van der Waals surface area contributed by atoms with Gasteiger partial charge < -0.3 is 23.8 Å². The van der Waals surface area contributed by atoms with Crippen molar-refractivity contribution in [2.45, 2.75) is 19.4 Å². The topological polar surface area (TPSA) is 74.3 Å². The second-order valence-electron chi connectivity index (χ2n) is 6.72. The van der Waals surface area contributed by atoms with E-state index in [1.165, 1.54) is 4.90 Å². The van der Waals surface area contributed by atoms with Gasteiger partial charge in [-0.05, 0) is 42.8 Å². The summed E-state index contributed by atoms with van der Waals surface area (Å²) in [4.78, 5) is 25.9. The van der Waals surface area contributed by atoms with Gasteiger partial charge in [0.15, 0.2) is 24.2 Å². The minimum Gasteiger partial charge on any atom is -0.494 e. The molecule has 0 fully saturated rings. The van der Waals surface area contributed by atoms with Crippen LogP contribution < -0.4 is 14.2 Å². The number of hydrogen-bond donors (Lipinski definition) is 0. The van der Waals surface area contributed by atoms with Crippen molar-refractivity contribution in [2.24, 2.45) is 0 Å². The van der Waals surface area contributed by atoms with Crippen LogP contribution in [0.25, 0.3) is 0 Å². The Morgan fingerprint density at radius 1 is 1.10 bits per heavy atom. The van der Waals surface area contributed by atoms with E-state index in [2.05, 4.69) is 0 Å². The lowest BCUT2D eigenvalue weighted by Crippen LogP contribution is -2.43. The zero-order valence-electron chi connectivity index (χ0n) is 16.6. The fraction of sp³-hybridized carbons (Fsp3) is 0.364. The normalized spacial score (nSPS) is 14.8. The number of esters is 1. The number of fused-ring (bicyclic) bond motifs is 1. The van der Waals surface area contributed by atoms with Gasteiger partial charge in [-0.1, -0.05) is 19.1 Å². The van der Waals surface area contributed by atoms with Crippen LogP contribution in [-0.4, -0.2) is 56.3 Å². The maximum atomic E-state index is 12.3. The molecule has 7 heteroatoms. The molecule has 0 saturated heterocycles. The van der Waals surface area contributed by atoms with E-state index in [4.69, 9.17) is 18.9 Å². The molecule has 0 saturated carbocycles. The Labute approximate surface area is 170 Å². The van der Waals surface area contributed by atoms with Crippen molar-refractivity contribution < 1.29 is 28.5 Å². The van der Waals surface area contributed by atoms with E-state index in [1.807, 2.05) is 31.2 Å². The smallest absolute Gasteiger partial charge is 0.338 e. The highest BCUT2D eigenvalue weighted by molar-refractivity contribution is 5.91. The quantitative estimate of drug-likeness (QED) is 0.636. The van der Waals surface area contributed by atoms with E-state index < -0.39 is 5.97 Å². The Morgan fingerprint density at radius 2 is 1.83 bits per heavy atom. The summed E-state index contributed by atoms with van der Waals surface area (Å²) in [5.41, 5.74) is 0.366. The number of nitrogens with zero attached hydrogens (tertiary/aromatic N) is 1. The molecule has 7 nitrogen and oxygen atoms in total. The number of benzene rings is 2. The predicted molar refractivity (Wildman–Crippen MR) is 107 cm³/mol. The van der Waals surface area contributed by atoms with Crippen LogP contribution >= 0.6 is 0 Å². The molecule has 2 aromatic carbocycles. The average Bonchev–Trinajstić information content (AvgIpc) is 2.76. The molecule has 0 bridgehead atoms. The first-order valence-corrected chi connectivity index (χ1v) is 9.59. The Kier molecular flexibility index (Phi) is 6.94. The van der Waals surface area contributed by atoms with Crippen molar-refractivity contribution in [3.8, 4) is 17.2 Å². The summed E-state index contributed by atoms with van der Waals surface area (Å²) in [5, 5.41) is 0. The number of carbonyl (C=O) groups excluding carboxylic acids is 2. The molecular weight excluding hydrogens is 374 g/mol. The minimum absolute atomic E-state index is 0.287. The van der Waals surface area contributed by atoms with Crippen LogP contribution in [0.5, 0.6) is 17.2 Å². The SMILES string of the molecule is CCCOc1ccc(C(=O)OCC(=O)N(C)C[C@@H]2COc3ccccc3O2)cc1. The molecule has 29 heavy (non-hydrogen) atoms. The van der Waals surface area contributed by atoms with Crippen molar-refractivity contribution >= 4 is 11.9 Å². The molecule has 0 aliphatic carbocycles. The first-order valence-electron chi connectivity index (χ1n) is 9.59. The number of hydrogen-bond acceptors (Lipinski definition) is 6. The van der Waals surface area contributed by atoms with Gasteiger partial charge in [0.05, 0.1) is 18.7 Å². The van der Waals surface area contributed by atoms with E-state index in [1.54, 1.807) is 31.3 Å². The first-order chi connectivity index (χ1) is 14.1. The lowest BCUT2D eigenvalue weighted by Gasteiger charge is -2.29. The van der Waals surface area contributed by atoms with Crippen LogP contribution in [0, 0.1) is 0 Å². The van der Waals surface area contributed by atoms with E-state index in [0.29, 0.717) is 42.6 Å². The van der Waals surface area contributed by atoms with Crippen molar-refractivity contribution in [2.75, 3.05) is 33.4 Å². The third kappa shape index (κ3) is 5.63. The lowest BCUT2D eigenvalue weighted by atomic mass is 10.2. The van der Waals surface area contributed by atoms with E-state index >= 15 is 0 Å². The van der Waals surface area contributed by atoms with Crippen LogP contribution in [0.3, 0.4) is 0 Å². The van der Waals surface area contributed by atoms with Gasteiger partial charge in [0, 0.05) is 7.05 Å². The van der Waals surface area contributed by atoms with Crippen LogP contribution in [0.2, 0.25) is 0 Å². The Balaban J connectivity index is 1.44. The Morgan fingerprint density at radius 3 is 2.55 bits per heavy atom. The predicted octanol–water partition coefficient (Wildman–Crippen LogP) is 2.93. The molecular formula is C22H25NO6. The molecule has 0 aromatic heterocycles. The molecule has 3 rings (SSSR count). The molecule has 0 N–H and O–H groups in total. The highest BCUT2D eigenvalue weighted by Crippen LogP contribution is 2.30. The summed E-state index contributed by atoms with van der Waals surface area (Å²) < 4.78 is 22.1. The van der Waals surface area contributed by atoms with Gasteiger partial charge in [-0.3, -0.25) is 4.79 Å². The zero-order valence-corrected chi connectivity index (χ0v) is 16.6. The standard InChI is InChI=1S/C22H25NO6/c1-3-12-26-17-10-8-16(9-11-17)22(25)28-15-21(24)23(2)13-18-14-27-19-6-4-5-7-20(19)29-18/h4-11,18H,3,12-15H2,1-2H3/t18-/m1/s1. The van der Waals surface area contributed by atoms with Gasteiger partial charge in [-0.15, -0.1) is 0 Å². The summed E-state index contributed by atoms with van der Waals surface area (Å²) >= 11 is 0. The summed E-state index contributed by atoms with van der Waals surface area (Å²) in [6.07, 6.45) is 0.620. The zero-order chi connectivity index (χ0) is 20.6. The van der Waals surface area contributed by atoms with Crippen LogP contribution in [0.15, 0.2) is 48.5 Å². The number of amides is 1. The number of carbonyl (C=O) groups is 2. The average molecular weight is 399 g/mol. The number of rotatable bonds is 8. The van der Waals surface area contributed by atoms with E-state index in [-0.39, 0.29) is 18.6 Å². The highest BCUT2D eigenvalue weighted by Gasteiger charge is 2.24. The molecule has 0 spiro atoms. The Bertz CT molecular complexity index is 835. The summed E-state index contributed by atoms with van der Waals surface area (Å²) in [6, 6.07) is 14.0. The van der Waals surface area contributed by atoms with Crippen LogP contribution in [0.4, 0.5) is 0 Å². The molecule has 0 unspecified atom stereocenters. The maximum absolute atomic E-state index is 12.3. The molecule has 1 atom stereocenters. The number of para-hydroxylation sites is 2. The van der Waals surface area contributed by atoms with Crippen molar-refractivity contribution in [3.63, 3.8) is 0 Å². The fourth-order valence-electron chi connectivity index (χ4n) is 2.79. The summed E-state index contributed by atoms with van der Waals surface area (Å²) in [7, 11) is 1.64. The molecule has 0 radical (unpaired) electrons. The molecule has 2 aromatic rings. The van der Waals surface area contributed by atoms with Crippen molar-refractivity contribution in [1.29, 1.82) is 0 Å². The molecule has 1 aliphatic rings. The monoisotopic (exact) mass is 399 g/mol. The molecule has 1 heterocycles. The number of likely N-dealkylation sites (N-methyl/N-ethyl adjacent to an activating group) is 1. The van der Waals surface area contributed by atoms with Gasteiger partial charge in [0.1, 0.15) is 12.4 Å². The van der Waals surface area contributed by atoms with E-state index in [0.717, 1.165) is 6.42 Å². The van der Waals surface area contributed by atoms with Crippen LogP contribution in [0.1, 0.15) is 23.7 Å². The molecule has 154 valence electrons. The van der Waals surface area contributed by atoms with Crippen molar-refractivity contribution in [3.05, 3.63) is 54.1 Å². The van der Waals surface area contributed by atoms with Crippen LogP contribution in [-0.2, 0) is 9.53 Å². The van der Waals surface area contributed by atoms with Crippen molar-refractivity contribution in [1.82, 2.24) is 4.90 Å². The van der Waals surface area contributed by atoms with Gasteiger partial charge in [0.25, 0.3) is 5.91 Å². The minimum atomic E-state index is -0.556. The maximum Gasteiger partial charge on any atom is 0.338 e. The van der Waals surface area contributed by atoms with Gasteiger partial charge in [-0.2, -0.15) is 0 Å². The second-order valence-corrected chi connectivity index (χ2v) is 6.72. The molecule has 1 amide bonds. The largest absolute Gasteiger partial charge is 0.494 e. The fourth-order valence-corrected chi connectivity index (χ4v) is 2.79. The third-order valence-corrected chi connectivity index (χ3v) is 4.36. The van der Waals surface area contributed by atoms with Gasteiger partial charge >= 0.3 is 5.97 Å².